The molecule has 0 spiro atoms. The number of aromatic nitrogens is 2. The van der Waals surface area contributed by atoms with Crippen LogP contribution in [0, 0.1) is 0 Å². The molecule has 1 aromatic rings. The maximum atomic E-state index is 11.8. The average molecular weight is 285 g/mol. The largest absolute Gasteiger partial charge is 0.383 e. The molecule has 0 aromatic carbocycles. The van der Waals surface area contributed by atoms with Crippen molar-refractivity contribution >= 4 is 15.5 Å². The number of fused-ring (bicyclic) bond motifs is 1. The molecule has 7 heteroatoms. The zero-order valence-electron chi connectivity index (χ0n) is 11.2. The Balaban J connectivity index is 2.20. The van der Waals surface area contributed by atoms with E-state index in [1.807, 2.05) is 0 Å². The number of rotatable bonds is 4. The summed E-state index contributed by atoms with van der Waals surface area (Å²) in [7, 11) is -3.15. The van der Waals surface area contributed by atoms with Crippen molar-refractivity contribution in [2.75, 3.05) is 17.6 Å². The van der Waals surface area contributed by atoms with Crippen molar-refractivity contribution in [3.63, 3.8) is 0 Å². The minimum atomic E-state index is -3.15. The third-order valence-electron chi connectivity index (χ3n) is 3.29. The van der Waals surface area contributed by atoms with Gasteiger partial charge in [0.05, 0.1) is 28.9 Å². The van der Waals surface area contributed by atoms with Gasteiger partial charge < -0.3 is 5.32 Å². The van der Waals surface area contributed by atoms with Crippen LogP contribution < -0.4 is 10.9 Å². The summed E-state index contributed by atoms with van der Waals surface area (Å²) in [6, 6.07) is 1.50. The van der Waals surface area contributed by atoms with E-state index in [2.05, 4.69) is 10.4 Å². The van der Waals surface area contributed by atoms with Crippen LogP contribution >= 0.6 is 0 Å². The number of aryl methyl sites for hydroxylation is 2. The maximum absolute atomic E-state index is 11.8. The SMILES string of the molecule is CC(C)S(=O)(=O)CCn1nc2c(cc1=O)NCCC2. The summed E-state index contributed by atoms with van der Waals surface area (Å²) in [5, 5.41) is 6.95. The fourth-order valence-electron chi connectivity index (χ4n) is 1.96. The van der Waals surface area contributed by atoms with E-state index in [-0.39, 0.29) is 17.9 Å². The fourth-order valence-corrected chi connectivity index (χ4v) is 2.86. The highest BCUT2D eigenvalue weighted by Gasteiger charge is 2.18. The molecule has 0 saturated carbocycles. The second-order valence-corrected chi connectivity index (χ2v) is 7.69. The number of nitrogens with zero attached hydrogens (tertiary/aromatic N) is 2. The molecule has 0 radical (unpaired) electrons. The molecular formula is C12H19N3O3S. The Morgan fingerprint density at radius 1 is 1.47 bits per heavy atom. The van der Waals surface area contributed by atoms with E-state index >= 15 is 0 Å². The summed E-state index contributed by atoms with van der Waals surface area (Å²) < 4.78 is 24.8. The lowest BCUT2D eigenvalue weighted by molar-refractivity contribution is 0.557. The predicted octanol–water partition coefficient (Wildman–Crippen LogP) is 0.425. The topological polar surface area (TPSA) is 81.1 Å². The average Bonchev–Trinajstić information content (AvgIpc) is 2.36. The van der Waals surface area contributed by atoms with Gasteiger partial charge in [0.1, 0.15) is 0 Å². The Labute approximate surface area is 112 Å². The minimum Gasteiger partial charge on any atom is -0.383 e. The van der Waals surface area contributed by atoms with Crippen LogP contribution in [-0.2, 0) is 22.8 Å². The molecule has 2 rings (SSSR count). The molecule has 1 aromatic heterocycles. The first kappa shape index (κ1) is 14.0. The van der Waals surface area contributed by atoms with Gasteiger partial charge in [-0.05, 0) is 26.7 Å². The fraction of sp³-hybridized carbons (Fsp3) is 0.667. The molecule has 1 aliphatic heterocycles. The molecule has 0 bridgehead atoms. The van der Waals surface area contributed by atoms with E-state index in [0.29, 0.717) is 0 Å². The molecule has 0 unspecified atom stereocenters. The zero-order valence-corrected chi connectivity index (χ0v) is 12.0. The van der Waals surface area contributed by atoms with Gasteiger partial charge in [0.25, 0.3) is 5.56 Å². The Morgan fingerprint density at radius 3 is 2.89 bits per heavy atom. The predicted molar refractivity (Wildman–Crippen MR) is 74.2 cm³/mol. The lowest BCUT2D eigenvalue weighted by atomic mass is 10.1. The molecule has 0 fully saturated rings. The van der Waals surface area contributed by atoms with Crippen molar-refractivity contribution in [1.82, 2.24) is 9.78 Å². The summed E-state index contributed by atoms with van der Waals surface area (Å²) in [6.45, 7) is 4.25. The van der Waals surface area contributed by atoms with Crippen molar-refractivity contribution in [2.45, 2.75) is 38.5 Å². The normalized spacial score (nSPS) is 15.1. The number of sulfone groups is 1. The monoisotopic (exact) mass is 285 g/mol. The highest BCUT2D eigenvalue weighted by Crippen LogP contribution is 2.16. The third kappa shape index (κ3) is 3.15. The van der Waals surface area contributed by atoms with Gasteiger partial charge in [-0.15, -0.1) is 0 Å². The molecular weight excluding hydrogens is 266 g/mol. The van der Waals surface area contributed by atoms with Gasteiger partial charge in [-0.25, -0.2) is 13.1 Å². The smallest absolute Gasteiger partial charge is 0.268 e. The lowest BCUT2D eigenvalue weighted by Crippen LogP contribution is -2.31. The van der Waals surface area contributed by atoms with E-state index < -0.39 is 15.1 Å². The lowest BCUT2D eigenvalue weighted by Gasteiger charge is -2.17. The number of anilines is 1. The summed E-state index contributed by atoms with van der Waals surface area (Å²) in [5.41, 5.74) is 1.36. The number of nitrogens with one attached hydrogen (secondary N) is 1. The maximum Gasteiger partial charge on any atom is 0.268 e. The third-order valence-corrected chi connectivity index (χ3v) is 5.47. The molecule has 6 nitrogen and oxygen atoms in total. The zero-order chi connectivity index (χ0) is 14.0. The molecule has 0 atom stereocenters. The van der Waals surface area contributed by atoms with Gasteiger partial charge in [0.15, 0.2) is 9.84 Å². The number of hydrogen-bond donors (Lipinski definition) is 1. The molecule has 0 aliphatic carbocycles. The van der Waals surface area contributed by atoms with Crippen LogP contribution in [0.4, 0.5) is 5.69 Å². The first-order valence-electron chi connectivity index (χ1n) is 6.46. The van der Waals surface area contributed by atoms with Crippen LogP contribution in [0.5, 0.6) is 0 Å². The van der Waals surface area contributed by atoms with E-state index in [9.17, 15) is 13.2 Å². The molecule has 2 heterocycles. The van der Waals surface area contributed by atoms with Crippen molar-refractivity contribution in [3.8, 4) is 0 Å². The van der Waals surface area contributed by atoms with Crippen LogP contribution in [-0.4, -0.2) is 35.7 Å². The Kier molecular flexibility index (Phi) is 3.93. The summed E-state index contributed by atoms with van der Waals surface area (Å²) in [4.78, 5) is 11.8. The van der Waals surface area contributed by atoms with Crippen LogP contribution in [0.3, 0.4) is 0 Å². The second kappa shape index (κ2) is 5.32. The molecule has 19 heavy (non-hydrogen) atoms. The molecule has 1 N–H and O–H groups in total. The van der Waals surface area contributed by atoms with Gasteiger partial charge in [-0.1, -0.05) is 0 Å². The number of hydrogen-bond acceptors (Lipinski definition) is 5. The summed E-state index contributed by atoms with van der Waals surface area (Å²) in [6.07, 6.45) is 1.79. The van der Waals surface area contributed by atoms with Gasteiger partial charge in [0, 0.05) is 12.6 Å². The summed E-state index contributed by atoms with van der Waals surface area (Å²) >= 11 is 0. The molecule has 1 aliphatic rings. The van der Waals surface area contributed by atoms with E-state index in [1.165, 1.54) is 10.7 Å². The van der Waals surface area contributed by atoms with E-state index in [0.717, 1.165) is 30.8 Å². The highest BCUT2D eigenvalue weighted by atomic mass is 32.2. The summed E-state index contributed by atoms with van der Waals surface area (Å²) in [5.74, 6) is -0.0518. The van der Waals surface area contributed by atoms with E-state index in [1.54, 1.807) is 13.8 Å². The molecule has 106 valence electrons. The molecule has 0 amide bonds. The van der Waals surface area contributed by atoms with Crippen LogP contribution in [0.2, 0.25) is 0 Å². The minimum absolute atomic E-state index is 0.0518. The van der Waals surface area contributed by atoms with Crippen molar-refractivity contribution in [3.05, 3.63) is 22.1 Å². The van der Waals surface area contributed by atoms with Crippen LogP contribution in [0.15, 0.2) is 10.9 Å². The Bertz CT molecular complexity index is 620. The Hall–Kier alpha value is -1.37. The van der Waals surface area contributed by atoms with Crippen molar-refractivity contribution in [2.24, 2.45) is 0 Å². The Morgan fingerprint density at radius 2 is 2.21 bits per heavy atom. The molecule has 0 saturated heterocycles. The van der Waals surface area contributed by atoms with Crippen LogP contribution in [0.1, 0.15) is 26.0 Å². The van der Waals surface area contributed by atoms with Crippen LogP contribution in [0.25, 0.3) is 0 Å². The van der Waals surface area contributed by atoms with Gasteiger partial charge in [-0.3, -0.25) is 4.79 Å². The first-order valence-corrected chi connectivity index (χ1v) is 8.18. The van der Waals surface area contributed by atoms with Crippen molar-refractivity contribution < 1.29 is 8.42 Å². The van der Waals surface area contributed by atoms with Gasteiger partial charge in [-0.2, -0.15) is 5.10 Å². The highest BCUT2D eigenvalue weighted by molar-refractivity contribution is 7.91. The second-order valence-electron chi connectivity index (χ2n) is 5.01. The first-order chi connectivity index (χ1) is 8.90. The van der Waals surface area contributed by atoms with Crippen molar-refractivity contribution in [1.29, 1.82) is 0 Å². The van der Waals surface area contributed by atoms with Gasteiger partial charge >= 0.3 is 0 Å². The quantitative estimate of drug-likeness (QED) is 0.867. The van der Waals surface area contributed by atoms with Gasteiger partial charge in [0.2, 0.25) is 0 Å². The standard InChI is InChI=1S/C12H19N3O3S/c1-9(2)19(17,18)7-6-15-12(16)8-11-10(14-15)4-3-5-13-11/h8-9,13H,3-7H2,1-2H3. The van der Waals surface area contributed by atoms with E-state index in [4.69, 9.17) is 0 Å².